The van der Waals surface area contributed by atoms with Crippen LogP contribution in [-0.2, 0) is 9.59 Å². The van der Waals surface area contributed by atoms with E-state index in [4.69, 9.17) is 0 Å². The smallest absolute Gasteiger partial charge is 0.239 e. The second-order valence-electron chi connectivity index (χ2n) is 4.02. The van der Waals surface area contributed by atoms with Gasteiger partial charge in [0.15, 0.2) is 0 Å². The van der Waals surface area contributed by atoms with Crippen LogP contribution in [-0.4, -0.2) is 11.7 Å². The number of carbonyl (C=O) groups is 2. The van der Waals surface area contributed by atoms with E-state index in [2.05, 4.69) is 5.32 Å². The number of benzene rings is 1. The molecule has 0 aromatic heterocycles. The Bertz CT molecular complexity index is 463. The molecular formula is C12H13NO2. The largest absolute Gasteiger partial charge is 0.325 e. The van der Waals surface area contributed by atoms with Gasteiger partial charge in [-0.15, -0.1) is 0 Å². The van der Waals surface area contributed by atoms with Crippen molar-refractivity contribution in [3.8, 4) is 0 Å². The lowest BCUT2D eigenvalue weighted by Gasteiger charge is -2.09. The summed E-state index contributed by atoms with van der Waals surface area (Å²) in [7, 11) is 0. The third-order valence-corrected chi connectivity index (χ3v) is 2.88. The molecule has 15 heavy (non-hydrogen) atoms. The van der Waals surface area contributed by atoms with Gasteiger partial charge >= 0.3 is 0 Å². The third-order valence-electron chi connectivity index (χ3n) is 2.88. The van der Waals surface area contributed by atoms with Crippen LogP contribution >= 0.6 is 0 Å². The molecule has 2 rings (SSSR count). The van der Waals surface area contributed by atoms with Gasteiger partial charge in [-0.3, -0.25) is 9.59 Å². The molecule has 3 nitrogen and oxygen atoms in total. The Labute approximate surface area is 88.5 Å². The lowest BCUT2D eigenvalue weighted by molar-refractivity contribution is -0.125. The highest BCUT2D eigenvalue weighted by atomic mass is 16.2. The molecule has 1 aliphatic rings. The van der Waals surface area contributed by atoms with Gasteiger partial charge in [0.05, 0.1) is 0 Å². The number of hydrogen-bond donors (Lipinski definition) is 1. The Morgan fingerprint density at radius 2 is 1.87 bits per heavy atom. The predicted molar refractivity (Wildman–Crippen MR) is 58.0 cm³/mol. The lowest BCUT2D eigenvalue weighted by atomic mass is 9.92. The molecule has 1 aromatic rings. The molecule has 78 valence electrons. The summed E-state index contributed by atoms with van der Waals surface area (Å²) in [5.74, 6) is -0.908. The highest BCUT2D eigenvalue weighted by Gasteiger charge is 2.35. The van der Waals surface area contributed by atoms with Crippen molar-refractivity contribution in [2.45, 2.75) is 26.7 Å². The zero-order valence-electron chi connectivity index (χ0n) is 9.05. The molecule has 0 radical (unpaired) electrons. The topological polar surface area (TPSA) is 46.2 Å². The van der Waals surface area contributed by atoms with Crippen molar-refractivity contribution in [1.29, 1.82) is 0 Å². The van der Waals surface area contributed by atoms with E-state index >= 15 is 0 Å². The van der Waals surface area contributed by atoms with Crippen molar-refractivity contribution in [1.82, 2.24) is 0 Å². The lowest BCUT2D eigenvalue weighted by Crippen LogP contribution is -2.18. The van der Waals surface area contributed by atoms with Crippen LogP contribution in [0.15, 0.2) is 12.1 Å². The summed E-state index contributed by atoms with van der Waals surface area (Å²) in [4.78, 5) is 23.1. The molecule has 0 aliphatic carbocycles. The number of carbonyl (C=O) groups excluding carboxylic acids is 2. The van der Waals surface area contributed by atoms with Crippen molar-refractivity contribution in [2.24, 2.45) is 0 Å². The standard InChI is InChI=1S/C12H13NO2/c1-6-4-5-7(2)11-9(6)10(8(3)14)12(15)13-11/h4-5,10H,1-3H3,(H,13,15). The summed E-state index contributed by atoms with van der Waals surface area (Å²) in [6, 6.07) is 3.90. The average Bonchev–Trinajstić information content (AvgIpc) is 2.50. The number of aryl methyl sites for hydroxylation is 2. The summed E-state index contributed by atoms with van der Waals surface area (Å²) in [5, 5.41) is 2.78. The highest BCUT2D eigenvalue weighted by molar-refractivity contribution is 6.17. The fourth-order valence-electron chi connectivity index (χ4n) is 2.08. The van der Waals surface area contributed by atoms with E-state index in [1.54, 1.807) is 0 Å². The first-order valence-corrected chi connectivity index (χ1v) is 4.93. The van der Waals surface area contributed by atoms with E-state index < -0.39 is 5.92 Å². The number of hydrogen-bond acceptors (Lipinski definition) is 2. The highest BCUT2D eigenvalue weighted by Crippen LogP contribution is 2.37. The second kappa shape index (κ2) is 3.19. The summed E-state index contributed by atoms with van der Waals surface area (Å²) in [6.45, 7) is 5.32. The molecule has 0 saturated heterocycles. The molecule has 1 aromatic carbocycles. The van der Waals surface area contributed by atoms with E-state index in [1.807, 2.05) is 26.0 Å². The maximum Gasteiger partial charge on any atom is 0.239 e. The van der Waals surface area contributed by atoms with E-state index in [9.17, 15) is 9.59 Å². The number of nitrogens with one attached hydrogen (secondary N) is 1. The SMILES string of the molecule is CC(=O)C1C(=O)Nc2c(C)ccc(C)c21. The Kier molecular flexibility index (Phi) is 2.11. The minimum absolute atomic E-state index is 0.0973. The Morgan fingerprint density at radius 1 is 1.27 bits per heavy atom. The molecule has 1 atom stereocenters. The van der Waals surface area contributed by atoms with Gasteiger partial charge in [-0.05, 0) is 37.5 Å². The van der Waals surface area contributed by atoms with Crippen LogP contribution in [0.25, 0.3) is 0 Å². The fraction of sp³-hybridized carbons (Fsp3) is 0.333. The average molecular weight is 203 g/mol. The van der Waals surface area contributed by atoms with Crippen LogP contribution in [0.4, 0.5) is 5.69 Å². The first kappa shape index (κ1) is 9.90. The molecule has 0 bridgehead atoms. The molecule has 1 heterocycles. The molecule has 0 spiro atoms. The van der Waals surface area contributed by atoms with E-state index in [1.165, 1.54) is 6.92 Å². The van der Waals surface area contributed by atoms with Crippen LogP contribution in [0, 0.1) is 13.8 Å². The molecule has 3 heteroatoms. The number of anilines is 1. The summed E-state index contributed by atoms with van der Waals surface area (Å²) in [6.07, 6.45) is 0. The van der Waals surface area contributed by atoms with Gasteiger partial charge in [0.1, 0.15) is 11.7 Å². The Balaban J connectivity index is 2.67. The molecular weight excluding hydrogens is 190 g/mol. The summed E-state index contributed by atoms with van der Waals surface area (Å²) < 4.78 is 0. The monoisotopic (exact) mass is 203 g/mol. The molecule has 1 amide bonds. The van der Waals surface area contributed by atoms with Crippen LogP contribution in [0.2, 0.25) is 0 Å². The van der Waals surface area contributed by atoms with Crippen LogP contribution in [0.5, 0.6) is 0 Å². The zero-order valence-corrected chi connectivity index (χ0v) is 9.05. The number of ketones is 1. The maximum absolute atomic E-state index is 11.6. The van der Waals surface area contributed by atoms with Gasteiger partial charge < -0.3 is 5.32 Å². The second-order valence-corrected chi connectivity index (χ2v) is 4.02. The van der Waals surface area contributed by atoms with Crippen LogP contribution in [0.1, 0.15) is 29.5 Å². The van der Waals surface area contributed by atoms with Crippen molar-refractivity contribution >= 4 is 17.4 Å². The zero-order chi connectivity index (χ0) is 11.2. The number of fused-ring (bicyclic) bond motifs is 1. The summed E-state index contributed by atoms with van der Waals surface area (Å²) >= 11 is 0. The maximum atomic E-state index is 11.6. The van der Waals surface area contributed by atoms with Gasteiger partial charge in [0, 0.05) is 5.69 Å². The van der Waals surface area contributed by atoms with Gasteiger partial charge in [0.25, 0.3) is 0 Å². The molecule has 0 saturated carbocycles. The van der Waals surface area contributed by atoms with Gasteiger partial charge in [-0.25, -0.2) is 0 Å². The minimum atomic E-state index is -0.611. The molecule has 1 unspecified atom stereocenters. The quantitative estimate of drug-likeness (QED) is 0.709. The van der Waals surface area contributed by atoms with Crippen LogP contribution in [0.3, 0.4) is 0 Å². The Morgan fingerprint density at radius 3 is 2.47 bits per heavy atom. The minimum Gasteiger partial charge on any atom is -0.325 e. The normalized spacial score (nSPS) is 18.6. The summed E-state index contributed by atoms with van der Waals surface area (Å²) in [5.41, 5.74) is 3.68. The third kappa shape index (κ3) is 1.35. The molecule has 1 N–H and O–H groups in total. The molecule has 0 fully saturated rings. The van der Waals surface area contributed by atoms with Crippen molar-refractivity contribution in [3.05, 3.63) is 28.8 Å². The van der Waals surface area contributed by atoms with Gasteiger partial charge in [-0.2, -0.15) is 0 Å². The van der Waals surface area contributed by atoms with Crippen molar-refractivity contribution in [3.63, 3.8) is 0 Å². The van der Waals surface area contributed by atoms with Crippen molar-refractivity contribution < 1.29 is 9.59 Å². The van der Waals surface area contributed by atoms with E-state index in [0.29, 0.717) is 0 Å². The first-order valence-electron chi connectivity index (χ1n) is 4.93. The Hall–Kier alpha value is -1.64. The van der Waals surface area contributed by atoms with Gasteiger partial charge in [-0.1, -0.05) is 12.1 Å². The van der Waals surface area contributed by atoms with E-state index in [-0.39, 0.29) is 11.7 Å². The number of amides is 1. The number of rotatable bonds is 1. The fourth-order valence-corrected chi connectivity index (χ4v) is 2.08. The number of Topliss-reactive ketones (excluding diaryl/α,β-unsaturated/α-hetero) is 1. The van der Waals surface area contributed by atoms with Crippen molar-refractivity contribution in [2.75, 3.05) is 5.32 Å². The predicted octanol–water partition coefficient (Wildman–Crippen LogP) is 1.93. The van der Waals surface area contributed by atoms with Crippen LogP contribution < -0.4 is 5.32 Å². The molecule has 1 aliphatic heterocycles. The van der Waals surface area contributed by atoms with E-state index in [0.717, 1.165) is 22.4 Å². The first-order chi connectivity index (χ1) is 7.02. The van der Waals surface area contributed by atoms with Gasteiger partial charge in [0.2, 0.25) is 5.91 Å².